The molecular weight excluding hydrogens is 248 g/mol. The molecule has 2 heterocycles. The van der Waals surface area contributed by atoms with Crippen molar-refractivity contribution in [3.05, 3.63) is 18.1 Å². The molecule has 0 aromatic carbocycles. The van der Waals surface area contributed by atoms with Gasteiger partial charge in [-0.2, -0.15) is 0 Å². The van der Waals surface area contributed by atoms with E-state index in [1.807, 2.05) is 0 Å². The Hall–Kier alpha value is -1.16. The lowest BCUT2D eigenvalue weighted by molar-refractivity contribution is 0.381. The van der Waals surface area contributed by atoms with Gasteiger partial charge in [-0.1, -0.05) is 13.3 Å². The highest BCUT2D eigenvalue weighted by molar-refractivity contribution is 5.39. The highest BCUT2D eigenvalue weighted by atomic mass is 15.2. The maximum absolute atomic E-state index is 4.45. The zero-order valence-electron chi connectivity index (χ0n) is 12.5. The molecule has 0 spiro atoms. The van der Waals surface area contributed by atoms with Gasteiger partial charge in [-0.3, -0.25) is 0 Å². The Morgan fingerprint density at radius 2 is 2.00 bits per heavy atom. The number of aromatic nitrogens is 2. The summed E-state index contributed by atoms with van der Waals surface area (Å²) >= 11 is 0. The van der Waals surface area contributed by atoms with Crippen LogP contribution >= 0.6 is 0 Å². The van der Waals surface area contributed by atoms with Crippen LogP contribution in [0.3, 0.4) is 0 Å². The van der Waals surface area contributed by atoms with E-state index < -0.39 is 0 Å². The van der Waals surface area contributed by atoms with Crippen molar-refractivity contribution in [1.29, 1.82) is 0 Å². The summed E-state index contributed by atoms with van der Waals surface area (Å²) in [5.74, 6) is 1.97. The van der Waals surface area contributed by atoms with Gasteiger partial charge in [0.15, 0.2) is 0 Å². The molecular formula is C16H26N4. The molecule has 2 aliphatic rings. The lowest BCUT2D eigenvalue weighted by Gasteiger charge is -2.33. The van der Waals surface area contributed by atoms with Crippen molar-refractivity contribution in [1.82, 2.24) is 15.3 Å². The molecule has 1 N–H and O–H groups in total. The van der Waals surface area contributed by atoms with Crippen molar-refractivity contribution in [2.45, 2.75) is 51.5 Å². The minimum Gasteiger partial charge on any atom is -0.356 e. The van der Waals surface area contributed by atoms with E-state index in [9.17, 15) is 0 Å². The Labute approximate surface area is 122 Å². The molecule has 0 bridgehead atoms. The minimum absolute atomic E-state index is 0.839. The number of hydrogen-bond donors (Lipinski definition) is 1. The Morgan fingerprint density at radius 1 is 1.20 bits per heavy atom. The van der Waals surface area contributed by atoms with Crippen LogP contribution in [0, 0.1) is 5.92 Å². The van der Waals surface area contributed by atoms with Crippen LogP contribution in [0.15, 0.2) is 12.4 Å². The van der Waals surface area contributed by atoms with Crippen LogP contribution in [0.5, 0.6) is 0 Å². The number of nitrogens with one attached hydrogen (secondary N) is 1. The van der Waals surface area contributed by atoms with Gasteiger partial charge in [0, 0.05) is 30.9 Å². The SMILES string of the molecule is CCCc1cc(N2CCC(CNC3CC3)CC2)ncn1. The van der Waals surface area contributed by atoms with Crippen molar-refractivity contribution >= 4 is 5.82 Å². The van der Waals surface area contributed by atoms with Gasteiger partial charge in [0.2, 0.25) is 0 Å². The van der Waals surface area contributed by atoms with E-state index in [1.165, 1.54) is 37.9 Å². The smallest absolute Gasteiger partial charge is 0.132 e. The van der Waals surface area contributed by atoms with E-state index in [2.05, 4.69) is 33.2 Å². The lowest BCUT2D eigenvalue weighted by atomic mass is 9.96. The fourth-order valence-electron chi connectivity index (χ4n) is 2.94. The van der Waals surface area contributed by atoms with Crippen molar-refractivity contribution in [2.24, 2.45) is 5.92 Å². The summed E-state index contributed by atoms with van der Waals surface area (Å²) < 4.78 is 0. The summed E-state index contributed by atoms with van der Waals surface area (Å²) in [4.78, 5) is 11.2. The summed E-state index contributed by atoms with van der Waals surface area (Å²) in [7, 11) is 0. The zero-order chi connectivity index (χ0) is 13.8. The molecule has 1 aromatic heterocycles. The molecule has 3 rings (SSSR count). The van der Waals surface area contributed by atoms with Crippen LogP contribution in [-0.4, -0.2) is 35.6 Å². The second-order valence-electron chi connectivity index (χ2n) is 6.23. The first kappa shape index (κ1) is 13.8. The van der Waals surface area contributed by atoms with Crippen LogP contribution in [0.4, 0.5) is 5.82 Å². The van der Waals surface area contributed by atoms with Crippen LogP contribution in [-0.2, 0) is 6.42 Å². The quantitative estimate of drug-likeness (QED) is 0.865. The maximum Gasteiger partial charge on any atom is 0.132 e. The molecule has 2 fully saturated rings. The van der Waals surface area contributed by atoms with Gasteiger partial charge in [-0.05, 0) is 44.6 Å². The van der Waals surface area contributed by atoms with Gasteiger partial charge >= 0.3 is 0 Å². The summed E-state index contributed by atoms with van der Waals surface area (Å²) in [6.45, 7) is 5.68. The zero-order valence-corrected chi connectivity index (χ0v) is 12.5. The minimum atomic E-state index is 0.839. The molecule has 1 saturated carbocycles. The van der Waals surface area contributed by atoms with Gasteiger partial charge < -0.3 is 10.2 Å². The van der Waals surface area contributed by atoms with Gasteiger partial charge in [0.25, 0.3) is 0 Å². The molecule has 0 radical (unpaired) electrons. The lowest BCUT2D eigenvalue weighted by Crippen LogP contribution is -2.38. The third kappa shape index (κ3) is 3.69. The molecule has 1 aliphatic carbocycles. The molecule has 1 aliphatic heterocycles. The summed E-state index contributed by atoms with van der Waals surface area (Å²) in [6, 6.07) is 3.01. The van der Waals surface area contributed by atoms with E-state index in [0.717, 1.165) is 43.7 Å². The van der Waals surface area contributed by atoms with E-state index >= 15 is 0 Å². The van der Waals surface area contributed by atoms with Crippen LogP contribution in [0.2, 0.25) is 0 Å². The second-order valence-corrected chi connectivity index (χ2v) is 6.23. The summed E-state index contributed by atoms with van der Waals surface area (Å²) in [5.41, 5.74) is 1.18. The first-order chi connectivity index (χ1) is 9.85. The van der Waals surface area contributed by atoms with Gasteiger partial charge in [-0.25, -0.2) is 9.97 Å². The number of piperidine rings is 1. The standard InChI is InChI=1S/C16H26N4/c1-2-3-15-10-16(19-12-18-15)20-8-6-13(7-9-20)11-17-14-4-5-14/h10,12-14,17H,2-9,11H2,1H3. The molecule has 0 amide bonds. The Balaban J connectivity index is 1.50. The first-order valence-electron chi connectivity index (χ1n) is 8.14. The topological polar surface area (TPSA) is 41.0 Å². The number of hydrogen-bond acceptors (Lipinski definition) is 4. The number of rotatable bonds is 6. The Bertz CT molecular complexity index is 422. The maximum atomic E-state index is 4.45. The van der Waals surface area contributed by atoms with Crippen molar-refractivity contribution in [3.8, 4) is 0 Å². The predicted octanol–water partition coefficient (Wildman–Crippen LogP) is 2.40. The third-order valence-corrected chi connectivity index (χ3v) is 4.43. The third-order valence-electron chi connectivity index (χ3n) is 4.43. The summed E-state index contributed by atoms with van der Waals surface area (Å²) in [5, 5.41) is 3.66. The van der Waals surface area contributed by atoms with Gasteiger partial charge in [0.1, 0.15) is 12.1 Å². The average molecular weight is 274 g/mol. The van der Waals surface area contributed by atoms with E-state index in [1.54, 1.807) is 6.33 Å². The molecule has 4 nitrogen and oxygen atoms in total. The highest BCUT2D eigenvalue weighted by Gasteiger charge is 2.24. The molecule has 4 heteroatoms. The molecule has 110 valence electrons. The van der Waals surface area contributed by atoms with Crippen LogP contribution in [0.25, 0.3) is 0 Å². The molecule has 0 unspecified atom stereocenters. The molecule has 20 heavy (non-hydrogen) atoms. The second kappa shape index (κ2) is 6.53. The van der Waals surface area contributed by atoms with Gasteiger partial charge in [-0.15, -0.1) is 0 Å². The highest BCUT2D eigenvalue weighted by Crippen LogP contribution is 2.24. The van der Waals surface area contributed by atoms with Crippen LogP contribution in [0.1, 0.15) is 44.7 Å². The molecule has 1 saturated heterocycles. The predicted molar refractivity (Wildman–Crippen MR) is 82.0 cm³/mol. The fourth-order valence-corrected chi connectivity index (χ4v) is 2.94. The normalized spacial score (nSPS) is 20.4. The molecule has 0 atom stereocenters. The Kier molecular flexibility index (Phi) is 4.51. The van der Waals surface area contributed by atoms with E-state index in [0.29, 0.717) is 0 Å². The van der Waals surface area contributed by atoms with E-state index in [-0.39, 0.29) is 0 Å². The largest absolute Gasteiger partial charge is 0.356 e. The Morgan fingerprint density at radius 3 is 2.70 bits per heavy atom. The number of nitrogens with zero attached hydrogens (tertiary/aromatic N) is 3. The summed E-state index contributed by atoms with van der Waals surface area (Å²) in [6.07, 6.45) is 9.27. The monoisotopic (exact) mass is 274 g/mol. The fraction of sp³-hybridized carbons (Fsp3) is 0.750. The number of anilines is 1. The number of aryl methyl sites for hydroxylation is 1. The van der Waals surface area contributed by atoms with Crippen molar-refractivity contribution in [2.75, 3.05) is 24.5 Å². The van der Waals surface area contributed by atoms with Gasteiger partial charge in [0.05, 0.1) is 0 Å². The first-order valence-corrected chi connectivity index (χ1v) is 8.14. The molecule has 1 aromatic rings. The van der Waals surface area contributed by atoms with E-state index in [4.69, 9.17) is 0 Å². The van der Waals surface area contributed by atoms with Crippen molar-refractivity contribution in [3.63, 3.8) is 0 Å². The average Bonchev–Trinajstić information content (AvgIpc) is 3.31. The van der Waals surface area contributed by atoms with Crippen LogP contribution < -0.4 is 10.2 Å². The van der Waals surface area contributed by atoms with Crippen molar-refractivity contribution < 1.29 is 0 Å².